The molecule has 0 unspecified atom stereocenters. The van der Waals surface area contributed by atoms with Crippen molar-refractivity contribution in [2.75, 3.05) is 23.1 Å². The molecule has 1 saturated carbocycles. The molecule has 2 aromatic carbocycles. The molecule has 12 nitrogen and oxygen atoms in total. The Morgan fingerprint density at radius 3 is 2.40 bits per heavy atom. The van der Waals surface area contributed by atoms with Gasteiger partial charge in [-0.05, 0) is 78.8 Å². The molecule has 1 aliphatic carbocycles. The summed E-state index contributed by atoms with van der Waals surface area (Å²) in [5.41, 5.74) is 4.62. The number of anilines is 3. The Morgan fingerprint density at radius 1 is 1.05 bits per heavy atom. The van der Waals surface area contributed by atoms with Crippen molar-refractivity contribution in [3.05, 3.63) is 88.6 Å². The Balaban J connectivity index is 1.60. The molecule has 4 aromatic rings. The molecule has 15 heteroatoms. The van der Waals surface area contributed by atoms with Crippen molar-refractivity contribution < 1.29 is 12.8 Å². The second kappa shape index (κ2) is 10.3. The lowest BCUT2D eigenvalue weighted by Gasteiger charge is -2.35. The predicted molar refractivity (Wildman–Crippen MR) is 167 cm³/mol. The first-order chi connectivity index (χ1) is 19.9. The number of fused-ring (bicyclic) bond motifs is 1. The minimum atomic E-state index is -3.89. The fourth-order valence-corrected chi connectivity index (χ4v) is 6.94. The third kappa shape index (κ3) is 4.83. The highest BCUT2D eigenvalue weighted by atomic mass is 127. The number of nitrogens with two attached hydrogens (primary N) is 1. The molecule has 2 aromatic heterocycles. The van der Waals surface area contributed by atoms with Crippen molar-refractivity contribution in [3.63, 3.8) is 0 Å². The Bertz CT molecular complexity index is 2060. The van der Waals surface area contributed by atoms with Gasteiger partial charge in [0, 0.05) is 41.4 Å². The van der Waals surface area contributed by atoms with Crippen LogP contribution in [0.25, 0.3) is 16.6 Å². The SMILES string of the molecule is Cc1c(=O)n(C)c(Nc2ccc(I)cc2F)c2c(=O)n(C3CC3)c(=O)n(-c3cccc(NS(=O)(=O)N4CC(N)C4)c3)c12. The van der Waals surface area contributed by atoms with E-state index in [9.17, 15) is 27.2 Å². The highest BCUT2D eigenvalue weighted by molar-refractivity contribution is 14.1. The van der Waals surface area contributed by atoms with Gasteiger partial charge in [0.15, 0.2) is 0 Å². The number of aryl methyl sites for hydroxylation is 1. The third-order valence-electron chi connectivity index (χ3n) is 7.51. The Morgan fingerprint density at radius 2 is 1.76 bits per heavy atom. The molecule has 1 saturated heterocycles. The van der Waals surface area contributed by atoms with E-state index in [1.165, 1.54) is 51.7 Å². The quantitative estimate of drug-likeness (QED) is 0.249. The zero-order valence-corrected chi connectivity index (χ0v) is 25.6. The van der Waals surface area contributed by atoms with Gasteiger partial charge in [-0.15, -0.1) is 0 Å². The lowest BCUT2D eigenvalue weighted by molar-refractivity contribution is 0.267. The summed E-state index contributed by atoms with van der Waals surface area (Å²) in [4.78, 5) is 41.4. The second-order valence-electron chi connectivity index (χ2n) is 10.6. The van der Waals surface area contributed by atoms with E-state index in [1.807, 2.05) is 22.6 Å². The van der Waals surface area contributed by atoms with Crippen LogP contribution in [0.3, 0.4) is 0 Å². The molecular weight excluding hydrogens is 680 g/mol. The van der Waals surface area contributed by atoms with Gasteiger partial charge < -0.3 is 11.1 Å². The first kappa shape index (κ1) is 28.6. The number of nitrogens with one attached hydrogen (secondary N) is 2. The van der Waals surface area contributed by atoms with Crippen molar-refractivity contribution in [2.24, 2.45) is 12.8 Å². The van der Waals surface area contributed by atoms with E-state index in [0.717, 1.165) is 4.57 Å². The number of hydrogen-bond acceptors (Lipinski definition) is 7. The van der Waals surface area contributed by atoms with Crippen LogP contribution in [0.5, 0.6) is 0 Å². The Kier molecular flexibility index (Phi) is 7.02. The second-order valence-corrected chi connectivity index (χ2v) is 13.5. The number of hydrogen-bond donors (Lipinski definition) is 3. The van der Waals surface area contributed by atoms with E-state index in [0.29, 0.717) is 16.4 Å². The van der Waals surface area contributed by atoms with Crippen LogP contribution < -0.4 is 32.6 Å². The molecule has 42 heavy (non-hydrogen) atoms. The summed E-state index contributed by atoms with van der Waals surface area (Å²) >= 11 is 1.98. The zero-order valence-electron chi connectivity index (χ0n) is 22.6. The van der Waals surface area contributed by atoms with Crippen LogP contribution in [0.1, 0.15) is 24.4 Å². The smallest absolute Gasteiger partial charge is 0.336 e. The summed E-state index contributed by atoms with van der Waals surface area (Å²) in [7, 11) is -2.42. The zero-order chi connectivity index (χ0) is 30.1. The first-order valence-corrected chi connectivity index (χ1v) is 15.7. The van der Waals surface area contributed by atoms with Crippen molar-refractivity contribution >= 4 is 60.9 Å². The average Bonchev–Trinajstić information content (AvgIpc) is 3.74. The topological polar surface area (TPSA) is 153 Å². The van der Waals surface area contributed by atoms with Crippen LogP contribution in [0.15, 0.2) is 56.8 Å². The molecule has 0 atom stereocenters. The molecular formula is C27H27FIN7O5S. The standard InChI is InChI=1S/C27H27FIN7O5S/c1-14-23-22(24(33(2)25(14)37)31-21-9-6-15(29)10-20(21)28)26(38)36(18-7-8-18)27(39)35(23)19-5-3-4-17(11-19)32-42(40,41)34-12-16(30)13-34/h3-6,9-11,16,18,31-32H,7-8,12-13,30H2,1-2H3. The van der Waals surface area contributed by atoms with Gasteiger partial charge in [-0.2, -0.15) is 12.7 Å². The van der Waals surface area contributed by atoms with E-state index in [4.69, 9.17) is 5.73 Å². The van der Waals surface area contributed by atoms with Crippen LogP contribution in [0.4, 0.5) is 21.6 Å². The maximum Gasteiger partial charge on any atom is 0.336 e. The highest BCUT2D eigenvalue weighted by Crippen LogP contribution is 2.34. The van der Waals surface area contributed by atoms with Gasteiger partial charge in [-0.1, -0.05) is 6.07 Å². The number of halogens is 2. The van der Waals surface area contributed by atoms with E-state index < -0.39 is 32.8 Å². The van der Waals surface area contributed by atoms with Gasteiger partial charge >= 0.3 is 15.9 Å². The molecule has 4 N–H and O–H groups in total. The Labute approximate surface area is 252 Å². The molecule has 0 bridgehead atoms. The molecule has 0 radical (unpaired) electrons. The summed E-state index contributed by atoms with van der Waals surface area (Å²) in [6.07, 6.45) is 1.25. The van der Waals surface area contributed by atoms with Crippen molar-refractivity contribution in [2.45, 2.75) is 31.8 Å². The van der Waals surface area contributed by atoms with Gasteiger partial charge in [0.25, 0.3) is 11.1 Å². The van der Waals surface area contributed by atoms with E-state index >= 15 is 0 Å². The van der Waals surface area contributed by atoms with Crippen LogP contribution in [0, 0.1) is 16.3 Å². The minimum Gasteiger partial charge on any atom is -0.338 e. The number of benzene rings is 2. The maximum absolute atomic E-state index is 14.9. The molecule has 220 valence electrons. The van der Waals surface area contributed by atoms with Crippen LogP contribution in [-0.4, -0.2) is 45.6 Å². The fourth-order valence-electron chi connectivity index (χ4n) is 5.16. The van der Waals surface area contributed by atoms with E-state index in [2.05, 4.69) is 10.0 Å². The molecule has 1 aliphatic heterocycles. The molecule has 0 amide bonds. The van der Waals surface area contributed by atoms with Gasteiger partial charge in [-0.25, -0.2) is 9.18 Å². The third-order valence-corrected chi connectivity index (χ3v) is 9.65. The molecule has 0 spiro atoms. The van der Waals surface area contributed by atoms with Gasteiger partial charge in [0.2, 0.25) is 0 Å². The minimum absolute atomic E-state index is 0.0274. The first-order valence-electron chi connectivity index (χ1n) is 13.1. The highest BCUT2D eigenvalue weighted by Gasteiger charge is 2.34. The monoisotopic (exact) mass is 707 g/mol. The van der Waals surface area contributed by atoms with E-state index in [1.54, 1.807) is 18.2 Å². The summed E-state index contributed by atoms with van der Waals surface area (Å²) in [6.45, 7) is 1.88. The molecule has 3 heterocycles. The largest absolute Gasteiger partial charge is 0.338 e. The van der Waals surface area contributed by atoms with Crippen LogP contribution in [0.2, 0.25) is 0 Å². The summed E-state index contributed by atoms with van der Waals surface area (Å²) in [5, 5.41) is 2.95. The van der Waals surface area contributed by atoms with Crippen molar-refractivity contribution in [3.8, 4) is 5.69 Å². The van der Waals surface area contributed by atoms with Crippen LogP contribution in [-0.2, 0) is 17.3 Å². The number of pyridine rings is 1. The van der Waals surface area contributed by atoms with Gasteiger partial charge in [0.1, 0.15) is 17.0 Å². The molecule has 6 rings (SSSR count). The van der Waals surface area contributed by atoms with Gasteiger partial charge in [0.05, 0.1) is 22.6 Å². The average molecular weight is 708 g/mol. The summed E-state index contributed by atoms with van der Waals surface area (Å²) in [5.74, 6) is -0.554. The summed E-state index contributed by atoms with van der Waals surface area (Å²) in [6, 6.07) is 10.1. The van der Waals surface area contributed by atoms with Crippen molar-refractivity contribution in [1.29, 1.82) is 0 Å². The number of aromatic nitrogens is 3. The van der Waals surface area contributed by atoms with Crippen molar-refractivity contribution in [1.82, 2.24) is 18.0 Å². The lowest BCUT2D eigenvalue weighted by Crippen LogP contribution is -2.59. The number of nitrogens with zero attached hydrogens (tertiary/aromatic N) is 4. The Hall–Kier alpha value is -3.54. The number of rotatable bonds is 7. The van der Waals surface area contributed by atoms with E-state index in [-0.39, 0.29) is 64.5 Å². The normalized spacial score (nSPS) is 16.0. The van der Waals surface area contributed by atoms with Gasteiger partial charge in [-0.3, -0.25) is 28.0 Å². The lowest BCUT2D eigenvalue weighted by atomic mass is 10.1. The summed E-state index contributed by atoms with van der Waals surface area (Å²) < 4.78 is 48.5. The van der Waals surface area contributed by atoms with Crippen LogP contribution >= 0.6 is 22.6 Å². The molecule has 2 aliphatic rings. The molecule has 2 fully saturated rings. The maximum atomic E-state index is 14.9. The predicted octanol–water partition coefficient (Wildman–Crippen LogP) is 2.28. The fraction of sp³-hybridized carbons (Fsp3) is 0.296.